The van der Waals surface area contributed by atoms with Gasteiger partial charge in [-0.3, -0.25) is 4.79 Å². The predicted molar refractivity (Wildman–Crippen MR) is 132 cm³/mol. The number of halogens is 1. The zero-order chi connectivity index (χ0) is 25.7. The summed E-state index contributed by atoms with van der Waals surface area (Å²) in [6, 6.07) is 19.4. The Morgan fingerprint density at radius 1 is 0.944 bits per heavy atom. The van der Waals surface area contributed by atoms with E-state index in [4.69, 9.17) is 14.2 Å². The number of anilines is 1. The van der Waals surface area contributed by atoms with E-state index in [1.54, 1.807) is 67.6 Å². The molecular weight excluding hydrogens is 465 g/mol. The maximum absolute atomic E-state index is 14.6. The molecule has 0 fully saturated rings. The molecule has 0 saturated carbocycles. The lowest BCUT2D eigenvalue weighted by Crippen LogP contribution is -2.12. The van der Waals surface area contributed by atoms with Gasteiger partial charge in [-0.15, -0.1) is 0 Å². The molecule has 4 aromatic rings. The van der Waals surface area contributed by atoms with Crippen molar-refractivity contribution >= 4 is 17.6 Å². The number of para-hydroxylation sites is 1. The van der Waals surface area contributed by atoms with Crippen LogP contribution in [0.15, 0.2) is 72.8 Å². The van der Waals surface area contributed by atoms with Gasteiger partial charge in [-0.2, -0.15) is 5.10 Å². The van der Waals surface area contributed by atoms with Crippen molar-refractivity contribution in [1.29, 1.82) is 0 Å². The number of carbonyl (C=O) groups excluding carboxylic acids is 2. The molecule has 1 heterocycles. The summed E-state index contributed by atoms with van der Waals surface area (Å²) in [6.45, 7) is 1.87. The number of benzene rings is 3. The molecule has 0 unspecified atom stereocenters. The van der Waals surface area contributed by atoms with Crippen LogP contribution < -0.4 is 14.8 Å². The summed E-state index contributed by atoms with van der Waals surface area (Å²) in [5.41, 5.74) is 2.12. The number of methoxy groups -OCH3 is 2. The fourth-order valence-corrected chi connectivity index (χ4v) is 3.64. The van der Waals surface area contributed by atoms with Gasteiger partial charge in [0.2, 0.25) is 0 Å². The van der Waals surface area contributed by atoms with Crippen molar-refractivity contribution < 1.29 is 28.2 Å². The average Bonchev–Trinajstić information content (AvgIpc) is 3.34. The highest BCUT2D eigenvalue weighted by Crippen LogP contribution is 2.30. The van der Waals surface area contributed by atoms with Crippen molar-refractivity contribution in [3.63, 3.8) is 0 Å². The summed E-state index contributed by atoms with van der Waals surface area (Å²) in [5.74, 6) is -0.543. The molecule has 36 heavy (non-hydrogen) atoms. The topological polar surface area (TPSA) is 91.7 Å². The number of ether oxygens (including phenoxy) is 3. The highest BCUT2D eigenvalue weighted by atomic mass is 19.1. The lowest BCUT2D eigenvalue weighted by molar-refractivity contribution is 0.0518. The Bertz CT molecular complexity index is 1420. The molecule has 8 nitrogen and oxygen atoms in total. The van der Waals surface area contributed by atoms with Gasteiger partial charge in [-0.25, -0.2) is 13.9 Å². The van der Waals surface area contributed by atoms with Crippen molar-refractivity contribution in [3.05, 3.63) is 89.9 Å². The number of hydrogen-bond acceptors (Lipinski definition) is 6. The third-order valence-electron chi connectivity index (χ3n) is 5.34. The summed E-state index contributed by atoms with van der Waals surface area (Å²) in [6.07, 6.45) is 0. The molecule has 184 valence electrons. The molecule has 4 rings (SSSR count). The van der Waals surface area contributed by atoms with Crippen LogP contribution in [0.5, 0.6) is 11.5 Å². The summed E-state index contributed by atoms with van der Waals surface area (Å²) >= 11 is 0. The molecule has 0 spiro atoms. The van der Waals surface area contributed by atoms with E-state index in [0.29, 0.717) is 34.0 Å². The van der Waals surface area contributed by atoms with Crippen molar-refractivity contribution in [1.82, 2.24) is 9.78 Å². The fraction of sp³-hybridized carbons (Fsp3) is 0.148. The number of aromatic nitrogens is 2. The highest BCUT2D eigenvalue weighted by molar-refractivity contribution is 6.05. The van der Waals surface area contributed by atoms with Crippen LogP contribution in [0.1, 0.15) is 27.8 Å². The van der Waals surface area contributed by atoms with Crippen LogP contribution >= 0.6 is 0 Å². The van der Waals surface area contributed by atoms with Crippen LogP contribution in [-0.4, -0.2) is 42.5 Å². The van der Waals surface area contributed by atoms with Gasteiger partial charge in [-0.05, 0) is 55.5 Å². The first-order valence-corrected chi connectivity index (χ1v) is 11.1. The molecule has 0 saturated heterocycles. The van der Waals surface area contributed by atoms with Crippen molar-refractivity contribution in [3.8, 4) is 28.4 Å². The molecule has 1 aromatic heterocycles. The fourth-order valence-electron chi connectivity index (χ4n) is 3.64. The Labute approximate surface area is 207 Å². The Morgan fingerprint density at radius 3 is 2.44 bits per heavy atom. The molecule has 0 aliphatic rings. The molecule has 0 aliphatic heterocycles. The van der Waals surface area contributed by atoms with Crippen LogP contribution in [0.4, 0.5) is 10.1 Å². The Morgan fingerprint density at radius 2 is 1.72 bits per heavy atom. The third kappa shape index (κ3) is 5.05. The zero-order valence-corrected chi connectivity index (χ0v) is 19.9. The van der Waals surface area contributed by atoms with Crippen LogP contribution in [0, 0.1) is 5.82 Å². The number of hydrogen-bond donors (Lipinski definition) is 1. The number of carbonyl (C=O) groups is 2. The lowest BCUT2D eigenvalue weighted by Gasteiger charge is -2.12. The van der Waals surface area contributed by atoms with Gasteiger partial charge in [0, 0.05) is 16.8 Å². The van der Waals surface area contributed by atoms with Gasteiger partial charge in [0.15, 0.2) is 17.2 Å². The van der Waals surface area contributed by atoms with E-state index in [2.05, 4.69) is 10.4 Å². The standard InChI is InChI=1S/C27H24FN3O5/c1-4-36-27(33)21-16-23(31(30-21)22-11-6-5-10-20(22)28)17-8-7-9-19(14-17)29-26(32)18-12-13-24(34-2)25(15-18)35-3/h5-16H,4H2,1-3H3,(H,29,32). The normalized spacial score (nSPS) is 10.6. The van der Waals surface area contributed by atoms with Gasteiger partial charge in [0.25, 0.3) is 5.91 Å². The second-order valence-electron chi connectivity index (χ2n) is 7.60. The molecular formula is C27H24FN3O5. The van der Waals surface area contributed by atoms with E-state index in [9.17, 15) is 14.0 Å². The number of amides is 1. The molecule has 1 amide bonds. The van der Waals surface area contributed by atoms with E-state index in [0.717, 1.165) is 0 Å². The van der Waals surface area contributed by atoms with Gasteiger partial charge in [-0.1, -0.05) is 24.3 Å². The van der Waals surface area contributed by atoms with E-state index in [-0.39, 0.29) is 23.9 Å². The maximum atomic E-state index is 14.6. The zero-order valence-electron chi connectivity index (χ0n) is 19.9. The molecule has 0 radical (unpaired) electrons. The average molecular weight is 490 g/mol. The van der Waals surface area contributed by atoms with E-state index in [1.807, 2.05) is 0 Å². The Hall–Kier alpha value is -4.66. The third-order valence-corrected chi connectivity index (χ3v) is 5.34. The summed E-state index contributed by atoms with van der Waals surface area (Å²) in [7, 11) is 3.01. The number of rotatable bonds is 8. The summed E-state index contributed by atoms with van der Waals surface area (Å²) in [4.78, 5) is 25.2. The SMILES string of the molecule is CCOC(=O)c1cc(-c2cccc(NC(=O)c3ccc(OC)c(OC)c3)c2)n(-c2ccccc2F)n1. The minimum Gasteiger partial charge on any atom is -0.493 e. The van der Waals surface area contributed by atoms with Gasteiger partial charge in [0.1, 0.15) is 11.5 Å². The smallest absolute Gasteiger partial charge is 0.358 e. The van der Waals surface area contributed by atoms with Crippen LogP contribution in [0.2, 0.25) is 0 Å². The maximum Gasteiger partial charge on any atom is 0.358 e. The molecule has 0 aliphatic carbocycles. The summed E-state index contributed by atoms with van der Waals surface area (Å²) < 4.78 is 31.5. The molecule has 0 atom stereocenters. The lowest BCUT2D eigenvalue weighted by atomic mass is 10.1. The molecule has 0 bridgehead atoms. The van der Waals surface area contributed by atoms with Crippen molar-refractivity contribution in [2.45, 2.75) is 6.92 Å². The van der Waals surface area contributed by atoms with Crippen LogP contribution in [0.25, 0.3) is 16.9 Å². The van der Waals surface area contributed by atoms with Gasteiger partial charge in [0.05, 0.1) is 26.5 Å². The Balaban J connectivity index is 1.70. The van der Waals surface area contributed by atoms with Crippen LogP contribution in [-0.2, 0) is 4.74 Å². The minimum absolute atomic E-state index is 0.0369. The quantitative estimate of drug-likeness (QED) is 0.345. The first kappa shape index (κ1) is 24.5. The molecule has 3 aromatic carbocycles. The molecule has 1 N–H and O–H groups in total. The molecule has 9 heteroatoms. The predicted octanol–water partition coefficient (Wildman–Crippen LogP) is 5.12. The van der Waals surface area contributed by atoms with E-state index in [1.165, 1.54) is 31.0 Å². The van der Waals surface area contributed by atoms with Gasteiger partial charge < -0.3 is 19.5 Å². The number of esters is 1. The first-order chi connectivity index (χ1) is 17.4. The Kier molecular flexibility index (Phi) is 7.29. The minimum atomic E-state index is -0.619. The van der Waals surface area contributed by atoms with E-state index < -0.39 is 11.8 Å². The highest BCUT2D eigenvalue weighted by Gasteiger charge is 2.20. The van der Waals surface area contributed by atoms with Gasteiger partial charge >= 0.3 is 5.97 Å². The largest absolute Gasteiger partial charge is 0.493 e. The van der Waals surface area contributed by atoms with Crippen molar-refractivity contribution in [2.75, 3.05) is 26.1 Å². The second-order valence-corrected chi connectivity index (χ2v) is 7.60. The monoisotopic (exact) mass is 489 g/mol. The van der Waals surface area contributed by atoms with E-state index >= 15 is 0 Å². The number of nitrogens with one attached hydrogen (secondary N) is 1. The van der Waals surface area contributed by atoms with Crippen LogP contribution in [0.3, 0.4) is 0 Å². The second kappa shape index (κ2) is 10.7. The number of nitrogens with zero attached hydrogens (tertiary/aromatic N) is 2. The van der Waals surface area contributed by atoms with Crippen molar-refractivity contribution in [2.24, 2.45) is 0 Å². The first-order valence-electron chi connectivity index (χ1n) is 11.1. The summed E-state index contributed by atoms with van der Waals surface area (Å²) in [5, 5.41) is 7.15.